The lowest BCUT2D eigenvalue weighted by atomic mass is 9.88. The van der Waals surface area contributed by atoms with Gasteiger partial charge in [0.25, 0.3) is 23.0 Å². The number of hydrogen-bond acceptors (Lipinski definition) is 9. The van der Waals surface area contributed by atoms with Crippen LogP contribution in [0.4, 0.5) is 4.79 Å². The molecular weight excluding hydrogens is 520 g/mol. The van der Waals surface area contributed by atoms with E-state index in [4.69, 9.17) is 4.74 Å². The van der Waals surface area contributed by atoms with Gasteiger partial charge in [0.2, 0.25) is 0 Å². The number of methoxy groups -OCH3 is 1. The maximum atomic E-state index is 13.0. The molecule has 0 spiro atoms. The maximum absolute atomic E-state index is 13.0. The van der Waals surface area contributed by atoms with Crippen molar-refractivity contribution in [1.82, 2.24) is 30.2 Å². The minimum Gasteiger partial charge on any atom is -0.496 e. The number of ether oxygens (including phenoxy) is 1. The number of fused-ring (bicyclic) bond motifs is 2. The molecule has 40 heavy (non-hydrogen) atoms. The number of carbonyl (C=O) groups is 3. The number of imide groups is 2. The molecule has 2 aromatic carbocycles. The Morgan fingerprint density at radius 2 is 1.52 bits per heavy atom. The Bertz CT molecular complexity index is 1770. The summed E-state index contributed by atoms with van der Waals surface area (Å²) < 4.78 is 7.14. The number of aromatic nitrogens is 4. The van der Waals surface area contributed by atoms with Crippen LogP contribution < -0.4 is 26.6 Å². The predicted molar refractivity (Wildman–Crippen MR) is 143 cm³/mol. The first-order valence-electron chi connectivity index (χ1n) is 12.5. The fraction of sp³-hybridized carbons (Fsp3) is 0.296. The topological polar surface area (TPSA) is 185 Å². The number of nitrogens with one attached hydrogen (secondary N) is 3. The van der Waals surface area contributed by atoms with Crippen molar-refractivity contribution in [1.29, 1.82) is 0 Å². The van der Waals surface area contributed by atoms with Gasteiger partial charge < -0.3 is 9.84 Å². The molecular formula is C27H26N6O7. The molecule has 13 nitrogen and oxygen atoms in total. The Morgan fingerprint density at radius 3 is 2.08 bits per heavy atom. The summed E-state index contributed by atoms with van der Waals surface area (Å²) in [5, 5.41) is 15.0. The van der Waals surface area contributed by atoms with E-state index in [0.717, 1.165) is 11.1 Å². The summed E-state index contributed by atoms with van der Waals surface area (Å²) in [6, 6.07) is 7.38. The van der Waals surface area contributed by atoms with Crippen molar-refractivity contribution in [2.45, 2.75) is 45.1 Å². The highest BCUT2D eigenvalue weighted by Crippen LogP contribution is 2.40. The van der Waals surface area contributed by atoms with E-state index in [2.05, 4.69) is 15.0 Å². The van der Waals surface area contributed by atoms with E-state index in [1.54, 1.807) is 4.57 Å². The number of carbonyl (C=O) groups excluding carboxylic acids is 3. The Morgan fingerprint density at radius 1 is 0.925 bits per heavy atom. The number of nitrogens with zero attached hydrogens (tertiary/aromatic N) is 3. The highest BCUT2D eigenvalue weighted by Gasteiger charge is 2.52. The second kappa shape index (κ2) is 9.38. The van der Waals surface area contributed by atoms with Gasteiger partial charge in [-0.15, -0.1) is 0 Å². The van der Waals surface area contributed by atoms with Crippen LogP contribution in [0.25, 0.3) is 28.2 Å². The third-order valence-corrected chi connectivity index (χ3v) is 6.90. The number of H-pyrrole nitrogens is 1. The molecule has 3 heterocycles. The van der Waals surface area contributed by atoms with Crippen LogP contribution >= 0.6 is 0 Å². The molecule has 0 unspecified atom stereocenters. The van der Waals surface area contributed by atoms with Crippen LogP contribution in [0.2, 0.25) is 0 Å². The van der Waals surface area contributed by atoms with Crippen molar-refractivity contribution in [3.63, 3.8) is 0 Å². The summed E-state index contributed by atoms with van der Waals surface area (Å²) >= 11 is 0. The zero-order valence-corrected chi connectivity index (χ0v) is 22.3. The van der Waals surface area contributed by atoms with E-state index in [9.17, 15) is 29.1 Å². The van der Waals surface area contributed by atoms with Gasteiger partial charge in [-0.05, 0) is 29.0 Å². The molecule has 3 aliphatic rings. The van der Waals surface area contributed by atoms with Gasteiger partial charge in [-0.3, -0.25) is 34.6 Å². The summed E-state index contributed by atoms with van der Waals surface area (Å²) in [6.45, 7) is 8.02. The average Bonchev–Trinajstić information content (AvgIpc) is 2.89. The third kappa shape index (κ3) is 3.93. The van der Waals surface area contributed by atoms with Gasteiger partial charge in [0, 0.05) is 11.6 Å². The molecule has 1 saturated heterocycles. The largest absolute Gasteiger partial charge is 0.496 e. The fourth-order valence-electron chi connectivity index (χ4n) is 4.97. The van der Waals surface area contributed by atoms with Gasteiger partial charge in [-0.1, -0.05) is 45.9 Å². The molecule has 2 aromatic rings. The van der Waals surface area contributed by atoms with Crippen LogP contribution in [0.3, 0.4) is 0 Å². The zero-order valence-electron chi connectivity index (χ0n) is 22.3. The van der Waals surface area contributed by atoms with Crippen molar-refractivity contribution in [3.05, 3.63) is 67.9 Å². The van der Waals surface area contributed by atoms with Crippen molar-refractivity contribution in [3.8, 4) is 23.0 Å². The summed E-state index contributed by atoms with van der Waals surface area (Å²) in [4.78, 5) is 73.2. The monoisotopic (exact) mass is 546 g/mol. The lowest BCUT2D eigenvalue weighted by molar-refractivity contribution is -0.155. The number of para-hydroxylation sites is 1. The highest BCUT2D eigenvalue weighted by molar-refractivity contribution is 6.22. The van der Waals surface area contributed by atoms with Gasteiger partial charge in [-0.25, -0.2) is 14.6 Å². The first-order valence-corrected chi connectivity index (χ1v) is 12.5. The van der Waals surface area contributed by atoms with Crippen LogP contribution in [0, 0.1) is 0 Å². The lowest BCUT2D eigenvalue weighted by Gasteiger charge is -2.31. The fourth-order valence-corrected chi connectivity index (χ4v) is 4.97. The van der Waals surface area contributed by atoms with Crippen LogP contribution in [0.15, 0.2) is 39.9 Å². The third-order valence-electron chi connectivity index (χ3n) is 6.90. The molecule has 4 amide bonds. The smallest absolute Gasteiger partial charge is 0.349 e. The molecule has 0 radical (unpaired) electrons. The van der Waals surface area contributed by atoms with Crippen LogP contribution in [-0.2, 0) is 15.2 Å². The first-order chi connectivity index (χ1) is 18.9. The Hall–Kier alpha value is -4.91. The molecule has 4 N–H and O–H groups in total. The number of aromatic amines is 1. The van der Waals surface area contributed by atoms with Gasteiger partial charge in [0.1, 0.15) is 5.75 Å². The van der Waals surface area contributed by atoms with E-state index in [0.29, 0.717) is 11.2 Å². The van der Waals surface area contributed by atoms with E-state index in [1.165, 1.54) is 19.2 Å². The SMILES string of the molecule is COc1cc2c(cc1C1(O)C(=O)NC(=O)NC1=O)nc1c(=O)[nH]c(=O)nc-1n2-c1c(C(C)C)cccc1C(C)C. The van der Waals surface area contributed by atoms with E-state index in [1.807, 2.05) is 56.5 Å². The molecule has 0 bridgehead atoms. The molecule has 1 fully saturated rings. The van der Waals surface area contributed by atoms with Gasteiger partial charge in [0.05, 0.1) is 23.8 Å². The number of barbiturate groups is 1. The molecule has 13 heteroatoms. The standard InChI is InChI=1S/C27H26N6O7/c1-11(2)13-7-6-8-14(12(3)4)20(13)33-17-10-18(40-5)15(27(39)23(35)31-26(38)32-24(27)36)9-16(17)28-19-21(33)29-25(37)30-22(19)34/h6-12,39H,1-5H3,(H,30,34,37)(H2,31,32,35,36,38). The Balaban J connectivity index is 1.99. The molecule has 206 valence electrons. The Labute approximate surface area is 226 Å². The molecule has 0 atom stereocenters. The minimum absolute atomic E-state index is 0.0106. The summed E-state index contributed by atoms with van der Waals surface area (Å²) in [5.74, 6) is -2.64. The van der Waals surface area contributed by atoms with Gasteiger partial charge in [0.15, 0.2) is 11.5 Å². The quantitative estimate of drug-likeness (QED) is 0.212. The van der Waals surface area contributed by atoms with Crippen molar-refractivity contribution in [2.75, 3.05) is 7.11 Å². The second-order valence-electron chi connectivity index (χ2n) is 10.1. The van der Waals surface area contributed by atoms with Gasteiger partial charge in [-0.2, -0.15) is 4.98 Å². The summed E-state index contributed by atoms with van der Waals surface area (Å²) in [6.07, 6.45) is 0. The summed E-state index contributed by atoms with van der Waals surface area (Å²) in [7, 11) is 1.27. The highest BCUT2D eigenvalue weighted by atomic mass is 16.5. The van der Waals surface area contributed by atoms with E-state index < -0.39 is 34.7 Å². The number of amides is 4. The van der Waals surface area contributed by atoms with Crippen molar-refractivity contribution in [2.24, 2.45) is 0 Å². The summed E-state index contributed by atoms with van der Waals surface area (Å²) in [5.41, 5.74) is -2.15. The van der Waals surface area contributed by atoms with Crippen LogP contribution in [0.1, 0.15) is 56.2 Å². The molecule has 5 rings (SSSR count). The number of rotatable bonds is 5. The number of hydrogen-bond donors (Lipinski definition) is 4. The van der Waals surface area contributed by atoms with Gasteiger partial charge >= 0.3 is 11.7 Å². The van der Waals surface area contributed by atoms with Crippen LogP contribution in [-0.4, -0.2) is 49.6 Å². The minimum atomic E-state index is -2.85. The number of aliphatic hydroxyl groups is 1. The van der Waals surface area contributed by atoms with Crippen molar-refractivity contribution < 1.29 is 24.2 Å². The van der Waals surface area contributed by atoms with E-state index in [-0.39, 0.29) is 40.2 Å². The lowest BCUT2D eigenvalue weighted by Crippen LogP contribution is -2.64. The normalized spacial score (nSPS) is 15.2. The van der Waals surface area contributed by atoms with Crippen LogP contribution in [0.5, 0.6) is 5.75 Å². The zero-order chi connectivity index (χ0) is 29.1. The maximum Gasteiger partial charge on any atom is 0.349 e. The first kappa shape index (κ1) is 26.7. The molecule has 0 aromatic heterocycles. The molecule has 3 aliphatic heterocycles. The number of urea groups is 1. The second-order valence-corrected chi connectivity index (χ2v) is 10.1. The number of benzene rings is 2. The molecule has 0 aliphatic carbocycles. The average molecular weight is 547 g/mol. The van der Waals surface area contributed by atoms with E-state index >= 15 is 0 Å². The molecule has 0 saturated carbocycles. The Kier molecular flexibility index (Phi) is 6.26. The van der Waals surface area contributed by atoms with Crippen molar-refractivity contribution >= 4 is 28.9 Å². The predicted octanol–water partition coefficient (Wildman–Crippen LogP) is 1.38.